The van der Waals surface area contributed by atoms with Gasteiger partial charge in [-0.3, -0.25) is 0 Å². The number of rotatable bonds is 5. The number of H-pyrrole nitrogens is 1. The number of anilines is 1. The molecule has 0 amide bonds. The second kappa shape index (κ2) is 6.06. The van der Waals surface area contributed by atoms with Crippen LogP contribution in [0, 0.1) is 5.41 Å². The van der Waals surface area contributed by atoms with Gasteiger partial charge in [0, 0.05) is 19.3 Å². The smallest absolute Gasteiger partial charge is 0.356 e. The fraction of sp³-hybridized carbons (Fsp3) is 0.625. The second-order valence-corrected chi connectivity index (χ2v) is 9.67. The number of nitrogens with one attached hydrogen (secondary N) is 2. The predicted octanol–water partition coefficient (Wildman–Crippen LogP) is 2.19. The Kier molecular flexibility index (Phi) is 4.15. The lowest BCUT2D eigenvalue weighted by atomic mass is 9.53. The Morgan fingerprint density at radius 1 is 1.30 bits per heavy atom. The Bertz CT molecular complexity index is 944. The van der Waals surface area contributed by atoms with Gasteiger partial charge in [-0.25, -0.2) is 23.1 Å². The van der Waals surface area contributed by atoms with Crippen molar-refractivity contribution < 1.29 is 21.6 Å². The third-order valence-corrected chi connectivity index (χ3v) is 7.54. The predicted molar refractivity (Wildman–Crippen MR) is 93.7 cm³/mol. The number of nitrogens with zero attached hydrogens (tertiary/aromatic N) is 3. The zero-order chi connectivity index (χ0) is 19.4. The van der Waals surface area contributed by atoms with Crippen molar-refractivity contribution in [1.29, 1.82) is 0 Å². The Balaban J connectivity index is 1.35. The van der Waals surface area contributed by atoms with Crippen LogP contribution in [0.4, 0.5) is 19.0 Å². The summed E-state index contributed by atoms with van der Waals surface area (Å²) in [4.78, 5) is 13.6. The highest BCUT2D eigenvalue weighted by atomic mass is 32.2. The van der Waals surface area contributed by atoms with Gasteiger partial charge in [0.25, 0.3) is 0 Å². The summed E-state index contributed by atoms with van der Waals surface area (Å²) in [6, 6.07) is 2.14. The van der Waals surface area contributed by atoms with E-state index < -0.39 is 28.0 Å². The minimum atomic E-state index is -4.54. The van der Waals surface area contributed by atoms with E-state index in [1.165, 1.54) is 6.33 Å². The molecule has 2 aliphatic rings. The van der Waals surface area contributed by atoms with Crippen LogP contribution in [-0.2, 0) is 10.0 Å². The van der Waals surface area contributed by atoms with E-state index in [1.54, 1.807) is 10.9 Å². The first-order valence-electron chi connectivity index (χ1n) is 8.65. The first kappa shape index (κ1) is 18.5. The average molecular weight is 403 g/mol. The van der Waals surface area contributed by atoms with E-state index >= 15 is 0 Å². The molecule has 0 aliphatic heterocycles. The summed E-state index contributed by atoms with van der Waals surface area (Å²) in [5.41, 5.74) is 0.673. The Morgan fingerprint density at radius 3 is 2.67 bits per heavy atom. The largest absolute Gasteiger partial charge is 0.402 e. The lowest BCUT2D eigenvalue weighted by molar-refractivity contribution is -0.121. The summed E-state index contributed by atoms with van der Waals surface area (Å²) in [7, 11) is -1.98. The molecule has 11 heteroatoms. The SMILES string of the molecule is CN(c1ncnc2[nH]ccc12)C1CC2(C1)CC(S(=O)(=O)NCC(F)(F)F)C2. The second-order valence-electron chi connectivity index (χ2n) is 7.62. The maximum absolute atomic E-state index is 12.2. The van der Waals surface area contributed by atoms with Gasteiger partial charge in [0.1, 0.15) is 24.3 Å². The van der Waals surface area contributed by atoms with Crippen molar-refractivity contribution in [2.24, 2.45) is 5.41 Å². The molecule has 148 valence electrons. The first-order valence-corrected chi connectivity index (χ1v) is 10.2. The summed E-state index contributed by atoms with van der Waals surface area (Å²) in [5, 5.41) is 0.188. The van der Waals surface area contributed by atoms with Crippen molar-refractivity contribution >= 4 is 26.9 Å². The van der Waals surface area contributed by atoms with Gasteiger partial charge < -0.3 is 9.88 Å². The maximum atomic E-state index is 12.2. The number of alkyl halides is 3. The standard InChI is InChI=1S/C16H20F3N5O2S/c1-24(14-12-2-3-20-13(12)21-9-22-14)10-4-15(5-10)6-11(7-15)27(25,26)23-8-16(17,18)19/h2-3,9-11,23H,4-8H2,1H3,(H,20,21,22). The highest BCUT2D eigenvalue weighted by Gasteiger charge is 2.57. The van der Waals surface area contributed by atoms with Crippen molar-refractivity contribution in [2.75, 3.05) is 18.5 Å². The van der Waals surface area contributed by atoms with Crippen LogP contribution < -0.4 is 9.62 Å². The van der Waals surface area contributed by atoms with E-state index in [2.05, 4.69) is 19.9 Å². The van der Waals surface area contributed by atoms with E-state index in [0.717, 1.165) is 29.7 Å². The lowest BCUT2D eigenvalue weighted by Gasteiger charge is -2.59. The number of sulfonamides is 1. The molecule has 2 N–H and O–H groups in total. The number of aromatic amines is 1. The molecular weight excluding hydrogens is 383 g/mol. The summed E-state index contributed by atoms with van der Waals surface area (Å²) in [6.07, 6.45) is 1.20. The van der Waals surface area contributed by atoms with Crippen LogP contribution in [0.2, 0.25) is 0 Å². The summed E-state index contributed by atoms with van der Waals surface area (Å²) < 4.78 is 62.4. The number of fused-ring (bicyclic) bond motifs is 1. The van der Waals surface area contributed by atoms with Crippen LogP contribution in [0.3, 0.4) is 0 Å². The normalized spacial score (nSPS) is 28.1. The quantitative estimate of drug-likeness (QED) is 0.799. The molecule has 0 saturated heterocycles. The van der Waals surface area contributed by atoms with Crippen LogP contribution in [0.1, 0.15) is 25.7 Å². The summed E-state index contributed by atoms with van der Waals surface area (Å²) in [5.74, 6) is 0.816. The van der Waals surface area contributed by atoms with E-state index in [0.29, 0.717) is 12.8 Å². The molecule has 7 nitrogen and oxygen atoms in total. The monoisotopic (exact) mass is 403 g/mol. The van der Waals surface area contributed by atoms with Crippen LogP contribution in [0.25, 0.3) is 11.0 Å². The molecule has 2 saturated carbocycles. The topological polar surface area (TPSA) is 91.0 Å². The van der Waals surface area contributed by atoms with E-state index in [4.69, 9.17) is 0 Å². The molecule has 0 aromatic carbocycles. The lowest BCUT2D eigenvalue weighted by Crippen LogP contribution is -2.60. The number of halogens is 3. The molecule has 2 aliphatic carbocycles. The van der Waals surface area contributed by atoms with Crippen LogP contribution >= 0.6 is 0 Å². The minimum Gasteiger partial charge on any atom is -0.356 e. The first-order chi connectivity index (χ1) is 12.6. The van der Waals surface area contributed by atoms with E-state index in [9.17, 15) is 21.6 Å². The number of hydrogen-bond acceptors (Lipinski definition) is 5. The van der Waals surface area contributed by atoms with Gasteiger partial charge in [-0.15, -0.1) is 0 Å². The van der Waals surface area contributed by atoms with Crippen LogP contribution in [0.15, 0.2) is 18.6 Å². The molecule has 2 aromatic heterocycles. The molecular formula is C16H20F3N5O2S. The van der Waals surface area contributed by atoms with Crippen molar-refractivity contribution in [1.82, 2.24) is 19.7 Å². The third kappa shape index (κ3) is 3.38. The zero-order valence-electron chi connectivity index (χ0n) is 14.6. The summed E-state index contributed by atoms with van der Waals surface area (Å²) in [6.45, 7) is -1.51. The molecule has 0 unspecified atom stereocenters. The van der Waals surface area contributed by atoms with Gasteiger partial charge in [-0.05, 0) is 37.2 Å². The van der Waals surface area contributed by atoms with Gasteiger partial charge in [0.2, 0.25) is 10.0 Å². The molecule has 1 spiro atoms. The van der Waals surface area contributed by atoms with Crippen LogP contribution in [0.5, 0.6) is 0 Å². The Morgan fingerprint density at radius 2 is 2.00 bits per heavy atom. The van der Waals surface area contributed by atoms with E-state index in [1.807, 2.05) is 13.1 Å². The fourth-order valence-electron chi connectivity index (χ4n) is 4.29. The Labute approximate surface area is 154 Å². The molecule has 2 heterocycles. The number of hydrogen-bond donors (Lipinski definition) is 2. The molecule has 27 heavy (non-hydrogen) atoms. The van der Waals surface area contributed by atoms with Gasteiger partial charge in [-0.1, -0.05) is 0 Å². The van der Waals surface area contributed by atoms with Crippen molar-refractivity contribution in [3.8, 4) is 0 Å². The van der Waals surface area contributed by atoms with Gasteiger partial charge in [0.05, 0.1) is 10.6 Å². The van der Waals surface area contributed by atoms with Gasteiger partial charge >= 0.3 is 6.18 Å². The van der Waals surface area contributed by atoms with Crippen LogP contribution in [-0.4, -0.2) is 54.4 Å². The third-order valence-electron chi connectivity index (χ3n) is 5.79. The highest BCUT2D eigenvalue weighted by Crippen LogP contribution is 2.59. The molecule has 4 rings (SSSR count). The zero-order valence-corrected chi connectivity index (χ0v) is 15.4. The van der Waals surface area contributed by atoms with Crippen molar-refractivity contribution in [2.45, 2.75) is 43.2 Å². The van der Waals surface area contributed by atoms with Gasteiger partial charge in [0.15, 0.2) is 0 Å². The molecule has 2 fully saturated rings. The molecule has 0 radical (unpaired) electrons. The van der Waals surface area contributed by atoms with Gasteiger partial charge in [-0.2, -0.15) is 13.2 Å². The van der Waals surface area contributed by atoms with Crippen molar-refractivity contribution in [3.63, 3.8) is 0 Å². The molecule has 0 atom stereocenters. The molecule has 2 aromatic rings. The van der Waals surface area contributed by atoms with Crippen molar-refractivity contribution in [3.05, 3.63) is 18.6 Å². The fourth-order valence-corrected chi connectivity index (χ4v) is 6.03. The minimum absolute atomic E-state index is 0.0825. The molecule has 0 bridgehead atoms. The highest BCUT2D eigenvalue weighted by molar-refractivity contribution is 7.90. The summed E-state index contributed by atoms with van der Waals surface area (Å²) >= 11 is 0. The maximum Gasteiger partial charge on any atom is 0.402 e. The Hall–Kier alpha value is -1.88. The number of aromatic nitrogens is 3. The van der Waals surface area contributed by atoms with E-state index in [-0.39, 0.29) is 11.5 Å². The average Bonchev–Trinajstić information content (AvgIpc) is 2.97.